The predicted octanol–water partition coefficient (Wildman–Crippen LogP) is 3.27. The fraction of sp³-hybridized carbons (Fsp3) is 0.111. The minimum absolute atomic E-state index is 0.329. The fourth-order valence-electron chi connectivity index (χ4n) is 2.29. The van der Waals surface area contributed by atoms with Gasteiger partial charge >= 0.3 is 5.97 Å². The third-order valence-corrected chi connectivity index (χ3v) is 3.50. The van der Waals surface area contributed by atoms with E-state index >= 15 is 0 Å². The van der Waals surface area contributed by atoms with Crippen molar-refractivity contribution in [3.8, 4) is 0 Å². The first-order valence-corrected chi connectivity index (χ1v) is 7.24. The molecule has 0 fully saturated rings. The number of rotatable bonds is 4. The van der Waals surface area contributed by atoms with Gasteiger partial charge in [-0.05, 0) is 30.7 Å². The van der Waals surface area contributed by atoms with Crippen LogP contribution in [0.1, 0.15) is 16.1 Å². The average Bonchev–Trinajstić information content (AvgIpc) is 2.99. The van der Waals surface area contributed by atoms with Crippen LogP contribution in [0, 0.1) is 6.92 Å². The number of carbonyl (C=O) groups excluding carboxylic acids is 2. The lowest BCUT2D eigenvalue weighted by molar-refractivity contribution is -0.119. The number of carbonyl (C=O) groups is 2. The molecule has 0 aliphatic heterocycles. The van der Waals surface area contributed by atoms with E-state index < -0.39 is 5.97 Å². The SMILES string of the molecule is Cc1ccccc1NC(=O)COC(=O)c1cc2ccccc2[nH]1. The number of aromatic amines is 1. The summed E-state index contributed by atoms with van der Waals surface area (Å²) >= 11 is 0. The van der Waals surface area contributed by atoms with Crippen LogP contribution in [0.15, 0.2) is 54.6 Å². The van der Waals surface area contributed by atoms with E-state index in [9.17, 15) is 9.59 Å². The lowest BCUT2D eigenvalue weighted by Gasteiger charge is -2.08. The number of aromatic nitrogens is 1. The number of H-pyrrole nitrogens is 1. The summed E-state index contributed by atoms with van der Waals surface area (Å²) < 4.78 is 5.05. The van der Waals surface area contributed by atoms with E-state index in [1.165, 1.54) is 0 Å². The molecule has 2 aromatic carbocycles. The van der Waals surface area contributed by atoms with Gasteiger partial charge in [0.05, 0.1) is 0 Å². The highest BCUT2D eigenvalue weighted by atomic mass is 16.5. The number of esters is 1. The predicted molar refractivity (Wildman–Crippen MR) is 88.4 cm³/mol. The summed E-state index contributed by atoms with van der Waals surface area (Å²) in [6.07, 6.45) is 0. The Morgan fingerprint density at radius 3 is 2.61 bits per heavy atom. The molecule has 0 atom stereocenters. The summed E-state index contributed by atoms with van der Waals surface area (Å²) in [6.45, 7) is 1.56. The van der Waals surface area contributed by atoms with Crippen LogP contribution in [0.5, 0.6) is 0 Å². The standard InChI is InChI=1S/C18H16N2O3/c1-12-6-2-4-8-14(12)20-17(21)11-23-18(22)16-10-13-7-3-5-9-15(13)19-16/h2-10,19H,11H2,1H3,(H,20,21). The van der Waals surface area contributed by atoms with Gasteiger partial charge in [0.2, 0.25) is 0 Å². The molecule has 116 valence electrons. The van der Waals surface area contributed by atoms with E-state index in [-0.39, 0.29) is 12.5 Å². The number of hydrogen-bond donors (Lipinski definition) is 2. The highest BCUT2D eigenvalue weighted by Crippen LogP contribution is 2.15. The number of nitrogens with one attached hydrogen (secondary N) is 2. The van der Waals surface area contributed by atoms with E-state index in [1.807, 2.05) is 49.4 Å². The number of fused-ring (bicyclic) bond motifs is 1. The van der Waals surface area contributed by atoms with Crippen LogP contribution in [0.2, 0.25) is 0 Å². The molecule has 5 heteroatoms. The molecule has 3 rings (SSSR count). The van der Waals surface area contributed by atoms with Crippen LogP contribution in [0.4, 0.5) is 5.69 Å². The third kappa shape index (κ3) is 3.40. The number of hydrogen-bond acceptors (Lipinski definition) is 3. The number of benzene rings is 2. The fourth-order valence-corrected chi connectivity index (χ4v) is 2.29. The van der Waals surface area contributed by atoms with Gasteiger partial charge in [-0.25, -0.2) is 4.79 Å². The average molecular weight is 308 g/mol. The van der Waals surface area contributed by atoms with Gasteiger partial charge in [-0.3, -0.25) is 4.79 Å². The van der Waals surface area contributed by atoms with E-state index in [1.54, 1.807) is 12.1 Å². The smallest absolute Gasteiger partial charge is 0.355 e. The largest absolute Gasteiger partial charge is 0.451 e. The first kappa shape index (κ1) is 14.8. The second kappa shape index (κ2) is 6.36. The monoisotopic (exact) mass is 308 g/mol. The van der Waals surface area contributed by atoms with Crippen molar-refractivity contribution < 1.29 is 14.3 Å². The lowest BCUT2D eigenvalue weighted by atomic mass is 10.2. The summed E-state index contributed by atoms with van der Waals surface area (Å²) in [5, 5.41) is 3.64. The zero-order valence-corrected chi connectivity index (χ0v) is 12.6. The normalized spacial score (nSPS) is 10.5. The molecule has 23 heavy (non-hydrogen) atoms. The van der Waals surface area contributed by atoms with Crippen molar-refractivity contribution >= 4 is 28.5 Å². The number of amides is 1. The summed E-state index contributed by atoms with van der Waals surface area (Å²) in [5.41, 5.74) is 2.83. The minimum atomic E-state index is -0.555. The van der Waals surface area contributed by atoms with Crippen LogP contribution < -0.4 is 5.32 Å². The van der Waals surface area contributed by atoms with Crippen molar-refractivity contribution in [2.45, 2.75) is 6.92 Å². The van der Waals surface area contributed by atoms with Gasteiger partial charge in [-0.1, -0.05) is 36.4 Å². The number of aryl methyl sites for hydroxylation is 1. The summed E-state index contributed by atoms with van der Waals surface area (Å²) in [5.74, 6) is -0.926. The molecule has 0 unspecified atom stereocenters. The van der Waals surface area contributed by atoms with Crippen LogP contribution in [-0.2, 0) is 9.53 Å². The Kier molecular flexibility index (Phi) is 4.10. The topological polar surface area (TPSA) is 71.2 Å². The highest BCUT2D eigenvalue weighted by molar-refractivity contribution is 5.97. The minimum Gasteiger partial charge on any atom is -0.451 e. The molecule has 0 aliphatic carbocycles. The Balaban J connectivity index is 1.60. The van der Waals surface area contributed by atoms with E-state index in [2.05, 4.69) is 10.3 Å². The summed E-state index contributed by atoms with van der Waals surface area (Å²) in [6, 6.07) is 16.7. The maximum Gasteiger partial charge on any atom is 0.355 e. The highest BCUT2D eigenvalue weighted by Gasteiger charge is 2.13. The van der Waals surface area contributed by atoms with Gasteiger partial charge in [0.15, 0.2) is 6.61 Å². The first-order chi connectivity index (χ1) is 11.1. The zero-order valence-electron chi connectivity index (χ0n) is 12.6. The molecular formula is C18H16N2O3. The Labute approximate surface area is 133 Å². The molecule has 3 aromatic rings. The van der Waals surface area contributed by atoms with Crippen molar-refractivity contribution in [3.63, 3.8) is 0 Å². The van der Waals surface area contributed by atoms with Crippen molar-refractivity contribution in [3.05, 3.63) is 65.9 Å². The molecule has 2 N–H and O–H groups in total. The number of ether oxygens (including phenoxy) is 1. The van der Waals surface area contributed by atoms with Crippen molar-refractivity contribution in [2.75, 3.05) is 11.9 Å². The molecule has 0 bridgehead atoms. The maximum atomic E-state index is 12.0. The first-order valence-electron chi connectivity index (χ1n) is 7.24. The second-order valence-corrected chi connectivity index (χ2v) is 5.21. The van der Waals surface area contributed by atoms with Crippen LogP contribution >= 0.6 is 0 Å². The summed E-state index contributed by atoms with van der Waals surface area (Å²) in [7, 11) is 0. The molecule has 1 aromatic heterocycles. The Morgan fingerprint density at radius 2 is 1.83 bits per heavy atom. The third-order valence-electron chi connectivity index (χ3n) is 3.50. The molecule has 1 amide bonds. The Morgan fingerprint density at radius 1 is 1.09 bits per heavy atom. The van der Waals surface area contributed by atoms with Gasteiger partial charge in [0.1, 0.15) is 5.69 Å². The van der Waals surface area contributed by atoms with Crippen molar-refractivity contribution in [1.29, 1.82) is 0 Å². The lowest BCUT2D eigenvalue weighted by Crippen LogP contribution is -2.21. The molecule has 0 radical (unpaired) electrons. The van der Waals surface area contributed by atoms with Gasteiger partial charge in [-0.15, -0.1) is 0 Å². The number of para-hydroxylation sites is 2. The summed E-state index contributed by atoms with van der Waals surface area (Å²) in [4.78, 5) is 26.9. The van der Waals surface area contributed by atoms with Crippen LogP contribution in [0.3, 0.4) is 0 Å². The van der Waals surface area contributed by atoms with Crippen molar-refractivity contribution in [2.24, 2.45) is 0 Å². The molecule has 0 saturated heterocycles. The second-order valence-electron chi connectivity index (χ2n) is 5.21. The van der Waals surface area contributed by atoms with Gasteiger partial charge in [0.25, 0.3) is 5.91 Å². The van der Waals surface area contributed by atoms with Crippen LogP contribution in [-0.4, -0.2) is 23.5 Å². The maximum absolute atomic E-state index is 12.0. The molecule has 0 aliphatic rings. The molecule has 5 nitrogen and oxygen atoms in total. The number of anilines is 1. The Bertz CT molecular complexity index is 834. The molecule has 0 saturated carbocycles. The molecular weight excluding hydrogens is 292 g/mol. The van der Waals surface area contributed by atoms with Gasteiger partial charge in [-0.2, -0.15) is 0 Å². The molecule has 1 heterocycles. The zero-order chi connectivity index (χ0) is 16.2. The van der Waals surface area contributed by atoms with Gasteiger partial charge in [0, 0.05) is 16.6 Å². The Hall–Kier alpha value is -3.08. The molecule has 0 spiro atoms. The quantitative estimate of drug-likeness (QED) is 0.727. The van der Waals surface area contributed by atoms with E-state index in [0.29, 0.717) is 11.4 Å². The van der Waals surface area contributed by atoms with Crippen LogP contribution in [0.25, 0.3) is 10.9 Å². The van der Waals surface area contributed by atoms with E-state index in [0.717, 1.165) is 16.5 Å². The van der Waals surface area contributed by atoms with Gasteiger partial charge < -0.3 is 15.0 Å². The van der Waals surface area contributed by atoms with Crippen molar-refractivity contribution in [1.82, 2.24) is 4.98 Å². The van der Waals surface area contributed by atoms with E-state index in [4.69, 9.17) is 4.74 Å².